The van der Waals surface area contributed by atoms with Crippen LogP contribution in [0.2, 0.25) is 10.0 Å². The Morgan fingerprint density at radius 3 is 2.41 bits per heavy atom. The first-order valence-corrected chi connectivity index (χ1v) is 11.1. The van der Waals surface area contributed by atoms with Crippen molar-refractivity contribution < 1.29 is 17.9 Å². The summed E-state index contributed by atoms with van der Waals surface area (Å²) in [5.74, 6) is 0. The zero-order chi connectivity index (χ0) is 19.6. The van der Waals surface area contributed by atoms with E-state index in [4.69, 9.17) is 27.9 Å². The molecule has 10 heteroatoms. The lowest BCUT2D eigenvalue weighted by atomic mass is 10.1. The van der Waals surface area contributed by atoms with Crippen LogP contribution in [0.15, 0.2) is 23.1 Å². The molecule has 0 saturated carbocycles. The summed E-state index contributed by atoms with van der Waals surface area (Å²) in [6, 6.07) is 4.31. The van der Waals surface area contributed by atoms with E-state index in [1.54, 1.807) is 11.0 Å². The minimum Gasteiger partial charge on any atom is -0.376 e. The van der Waals surface area contributed by atoms with Gasteiger partial charge < -0.3 is 15.0 Å². The molecule has 2 atom stereocenters. The summed E-state index contributed by atoms with van der Waals surface area (Å²) >= 11 is 12.1. The fourth-order valence-electron chi connectivity index (χ4n) is 3.37. The number of nitrogens with one attached hydrogen (secondary N) is 1. The average Bonchev–Trinajstić information content (AvgIpc) is 3.16. The maximum atomic E-state index is 12.9. The number of hydrogen-bond donors (Lipinski definition) is 1. The van der Waals surface area contributed by atoms with E-state index in [1.165, 1.54) is 16.4 Å². The van der Waals surface area contributed by atoms with Crippen molar-refractivity contribution in [2.24, 2.45) is 0 Å². The van der Waals surface area contributed by atoms with Crippen LogP contribution in [0, 0.1) is 0 Å². The van der Waals surface area contributed by atoms with E-state index >= 15 is 0 Å². The second-order valence-electron chi connectivity index (χ2n) is 6.73. The van der Waals surface area contributed by atoms with Crippen molar-refractivity contribution in [2.75, 3.05) is 32.8 Å². The fourth-order valence-corrected chi connectivity index (χ4v) is 5.88. The molecule has 1 aromatic carbocycles. The molecule has 0 aromatic heterocycles. The van der Waals surface area contributed by atoms with E-state index in [9.17, 15) is 13.2 Å². The monoisotopic (exact) mass is 435 g/mol. The number of nitrogens with zero attached hydrogens (tertiary/aromatic N) is 2. The SMILES string of the molecule is C[C@H](NC(=O)N1CCN(S(=O)(=O)c2c(Cl)cccc2Cl)CC1)[C@H]1CCCO1. The molecule has 2 heterocycles. The first kappa shape index (κ1) is 20.7. The van der Waals surface area contributed by atoms with E-state index in [0.717, 1.165) is 19.4 Å². The number of benzene rings is 1. The van der Waals surface area contributed by atoms with Gasteiger partial charge in [-0.05, 0) is 31.9 Å². The molecule has 2 aliphatic rings. The van der Waals surface area contributed by atoms with Crippen molar-refractivity contribution >= 4 is 39.3 Å². The van der Waals surface area contributed by atoms with Gasteiger partial charge in [-0.1, -0.05) is 29.3 Å². The van der Waals surface area contributed by atoms with Crippen LogP contribution >= 0.6 is 23.2 Å². The number of sulfonamides is 1. The molecule has 150 valence electrons. The van der Waals surface area contributed by atoms with E-state index in [0.29, 0.717) is 13.1 Å². The summed E-state index contributed by atoms with van der Waals surface area (Å²) in [6.45, 7) is 3.62. The van der Waals surface area contributed by atoms with Gasteiger partial charge in [-0.3, -0.25) is 0 Å². The van der Waals surface area contributed by atoms with Gasteiger partial charge in [0.2, 0.25) is 10.0 Å². The van der Waals surface area contributed by atoms with E-state index in [2.05, 4.69) is 5.32 Å². The van der Waals surface area contributed by atoms with Gasteiger partial charge in [-0.25, -0.2) is 13.2 Å². The molecular formula is C17H23Cl2N3O4S. The van der Waals surface area contributed by atoms with Crippen LogP contribution in [-0.4, -0.2) is 68.6 Å². The normalized spacial score (nSPS) is 22.6. The van der Waals surface area contributed by atoms with Crippen LogP contribution < -0.4 is 5.32 Å². The lowest BCUT2D eigenvalue weighted by Crippen LogP contribution is -2.55. The quantitative estimate of drug-likeness (QED) is 0.787. The van der Waals surface area contributed by atoms with Crippen molar-refractivity contribution in [1.82, 2.24) is 14.5 Å². The maximum absolute atomic E-state index is 12.9. The number of piperazine rings is 1. The largest absolute Gasteiger partial charge is 0.376 e. The number of ether oxygens (including phenoxy) is 1. The summed E-state index contributed by atoms with van der Waals surface area (Å²) in [7, 11) is -3.82. The minimum atomic E-state index is -3.82. The van der Waals surface area contributed by atoms with Crippen LogP contribution in [0.5, 0.6) is 0 Å². The molecule has 1 aromatic rings. The molecule has 7 nitrogen and oxygen atoms in total. The smallest absolute Gasteiger partial charge is 0.317 e. The number of rotatable bonds is 4. The second-order valence-corrected chi connectivity index (χ2v) is 9.42. The van der Waals surface area contributed by atoms with Gasteiger partial charge in [0.25, 0.3) is 0 Å². The minimum absolute atomic E-state index is 0.0398. The van der Waals surface area contributed by atoms with Crippen LogP contribution in [0.3, 0.4) is 0 Å². The highest BCUT2D eigenvalue weighted by molar-refractivity contribution is 7.89. The summed E-state index contributed by atoms with van der Waals surface area (Å²) in [5.41, 5.74) is 0. The fraction of sp³-hybridized carbons (Fsp3) is 0.588. The van der Waals surface area contributed by atoms with Gasteiger partial charge in [-0.15, -0.1) is 0 Å². The number of carbonyl (C=O) groups is 1. The van der Waals surface area contributed by atoms with Crippen molar-refractivity contribution in [3.05, 3.63) is 28.2 Å². The highest BCUT2D eigenvalue weighted by Crippen LogP contribution is 2.31. The molecular weight excluding hydrogens is 413 g/mol. The molecule has 0 radical (unpaired) electrons. The van der Waals surface area contributed by atoms with Gasteiger partial charge in [0, 0.05) is 32.8 Å². The Bertz CT molecular complexity index is 771. The van der Waals surface area contributed by atoms with Crippen molar-refractivity contribution in [1.29, 1.82) is 0 Å². The number of carbonyl (C=O) groups excluding carboxylic acids is 1. The Kier molecular flexibility index (Phi) is 6.53. The van der Waals surface area contributed by atoms with Crippen molar-refractivity contribution in [3.63, 3.8) is 0 Å². The van der Waals surface area contributed by atoms with Crippen LogP contribution in [0.25, 0.3) is 0 Å². The third kappa shape index (κ3) is 4.51. The number of urea groups is 1. The zero-order valence-corrected chi connectivity index (χ0v) is 17.4. The topological polar surface area (TPSA) is 79.0 Å². The molecule has 3 rings (SSSR count). The number of halogens is 2. The number of amides is 2. The second kappa shape index (κ2) is 8.53. The average molecular weight is 436 g/mol. The molecule has 2 amide bonds. The summed E-state index contributed by atoms with van der Waals surface area (Å²) in [5, 5.41) is 3.13. The van der Waals surface area contributed by atoms with E-state index in [1.807, 2.05) is 6.92 Å². The third-order valence-corrected chi connectivity index (χ3v) is 7.77. The van der Waals surface area contributed by atoms with E-state index < -0.39 is 10.0 Å². The molecule has 0 unspecified atom stereocenters. The molecule has 1 N–H and O–H groups in total. The summed E-state index contributed by atoms with van der Waals surface area (Å²) in [6.07, 6.45) is 1.98. The number of hydrogen-bond acceptors (Lipinski definition) is 4. The predicted octanol–water partition coefficient (Wildman–Crippen LogP) is 2.58. The first-order chi connectivity index (χ1) is 12.8. The Morgan fingerprint density at radius 1 is 1.22 bits per heavy atom. The highest BCUT2D eigenvalue weighted by atomic mass is 35.5. The van der Waals surface area contributed by atoms with Crippen molar-refractivity contribution in [3.8, 4) is 0 Å². The van der Waals surface area contributed by atoms with Gasteiger partial charge in [-0.2, -0.15) is 4.31 Å². The van der Waals surface area contributed by atoms with Gasteiger partial charge >= 0.3 is 6.03 Å². The Balaban J connectivity index is 1.60. The lowest BCUT2D eigenvalue weighted by Gasteiger charge is -2.35. The van der Waals surface area contributed by atoms with E-state index in [-0.39, 0.29) is 46.2 Å². The summed E-state index contributed by atoms with van der Waals surface area (Å²) in [4.78, 5) is 14.0. The first-order valence-electron chi connectivity index (χ1n) is 8.92. The van der Waals surface area contributed by atoms with Crippen LogP contribution in [0.1, 0.15) is 19.8 Å². The third-order valence-electron chi connectivity index (χ3n) is 4.92. The zero-order valence-electron chi connectivity index (χ0n) is 15.0. The Morgan fingerprint density at radius 2 is 1.85 bits per heavy atom. The standard InChI is InChI=1S/C17H23Cl2N3O4S/c1-12(15-6-3-11-26-15)20-17(23)21-7-9-22(10-8-21)27(24,25)16-13(18)4-2-5-14(16)19/h2,4-5,12,15H,3,6-11H2,1H3,(H,20,23)/t12-,15+/m0/s1. The van der Waals surface area contributed by atoms with Gasteiger partial charge in [0.15, 0.2) is 0 Å². The summed E-state index contributed by atoms with van der Waals surface area (Å²) < 4.78 is 32.7. The lowest BCUT2D eigenvalue weighted by molar-refractivity contribution is 0.0821. The molecule has 0 bridgehead atoms. The van der Waals surface area contributed by atoms with Crippen molar-refractivity contribution in [2.45, 2.75) is 36.8 Å². The molecule has 2 fully saturated rings. The molecule has 27 heavy (non-hydrogen) atoms. The van der Waals surface area contributed by atoms with Gasteiger partial charge in [0.1, 0.15) is 4.90 Å². The molecule has 2 saturated heterocycles. The molecule has 0 spiro atoms. The molecule has 2 aliphatic heterocycles. The Labute approximate surface area is 169 Å². The van der Waals surface area contributed by atoms with Crippen LogP contribution in [0.4, 0.5) is 4.79 Å². The predicted molar refractivity (Wildman–Crippen MR) is 104 cm³/mol. The Hall–Kier alpha value is -1.06. The highest BCUT2D eigenvalue weighted by Gasteiger charge is 2.33. The van der Waals surface area contributed by atoms with Gasteiger partial charge in [0.05, 0.1) is 22.2 Å². The maximum Gasteiger partial charge on any atom is 0.317 e. The van der Waals surface area contributed by atoms with Crippen LogP contribution in [-0.2, 0) is 14.8 Å². The molecule has 0 aliphatic carbocycles.